The van der Waals surface area contributed by atoms with Gasteiger partial charge in [-0.15, -0.1) is 0 Å². The fraction of sp³-hybridized carbons (Fsp3) is 0.320. The molecule has 0 saturated carbocycles. The maximum absolute atomic E-state index is 6.39. The molecular formula is C25H30N2O. The van der Waals surface area contributed by atoms with Crippen LogP contribution in [-0.4, -0.2) is 13.1 Å². The first-order chi connectivity index (χ1) is 13.5. The van der Waals surface area contributed by atoms with Crippen molar-refractivity contribution in [3.05, 3.63) is 65.0 Å². The first kappa shape index (κ1) is 19.9. The molecule has 1 aliphatic heterocycles. The van der Waals surface area contributed by atoms with Gasteiger partial charge in [0.15, 0.2) is 0 Å². The highest BCUT2D eigenvalue weighted by Gasteiger charge is 2.19. The Morgan fingerprint density at radius 3 is 2.54 bits per heavy atom. The number of aryl methyl sites for hydroxylation is 2. The number of anilines is 1. The maximum atomic E-state index is 6.39. The zero-order valence-corrected chi connectivity index (χ0v) is 17.6. The smallest absolute Gasteiger partial charge is 0.137 e. The molecule has 1 aromatic rings. The predicted octanol–water partition coefficient (Wildman–Crippen LogP) is 6.49. The third kappa shape index (κ3) is 3.62. The van der Waals surface area contributed by atoms with Crippen LogP contribution in [-0.2, 0) is 0 Å². The number of allylic oxidation sites excluding steroid dienone is 3. The second-order valence-electron chi connectivity index (χ2n) is 7.06. The van der Waals surface area contributed by atoms with E-state index in [9.17, 15) is 0 Å². The molecule has 0 amide bonds. The molecule has 0 fully saturated rings. The molecule has 1 aliphatic carbocycles. The summed E-state index contributed by atoms with van der Waals surface area (Å²) in [7, 11) is 0. The number of nitrogens with one attached hydrogen (secondary N) is 1. The van der Waals surface area contributed by atoms with Gasteiger partial charge >= 0.3 is 0 Å². The van der Waals surface area contributed by atoms with Crippen molar-refractivity contribution >= 4 is 22.2 Å². The molecule has 0 atom stereocenters. The van der Waals surface area contributed by atoms with Crippen LogP contribution in [0.2, 0.25) is 0 Å². The molecule has 0 bridgehead atoms. The average molecular weight is 375 g/mol. The number of hydrogen-bond donors (Lipinski definition) is 1. The Balaban J connectivity index is 2.50. The summed E-state index contributed by atoms with van der Waals surface area (Å²) in [6.45, 7) is 16.2. The lowest BCUT2D eigenvalue weighted by atomic mass is 9.90. The molecule has 0 unspecified atom stereocenters. The van der Waals surface area contributed by atoms with Crippen LogP contribution in [0.4, 0.5) is 5.69 Å². The Morgan fingerprint density at radius 1 is 1.11 bits per heavy atom. The van der Waals surface area contributed by atoms with E-state index in [2.05, 4.69) is 81.8 Å². The molecule has 28 heavy (non-hydrogen) atoms. The summed E-state index contributed by atoms with van der Waals surface area (Å²) in [4.78, 5) is 4.63. The van der Waals surface area contributed by atoms with Gasteiger partial charge in [0.05, 0.1) is 5.36 Å². The van der Waals surface area contributed by atoms with Gasteiger partial charge in [-0.25, -0.2) is 0 Å². The number of fused-ring (bicyclic) bond motifs is 2. The van der Waals surface area contributed by atoms with Crippen LogP contribution in [0.15, 0.2) is 52.4 Å². The van der Waals surface area contributed by atoms with E-state index in [-0.39, 0.29) is 0 Å². The standard InChI is InChI=1S/C25H30N2O/c1-7-11-18(8-2)25-19-12-16(5)21(26-9-3)14-23(19)28-24-15-22(27-10-4)17(6)13-20(24)25/h7,11-15,26H,1,8-10H2,2-6H3/b18-11+,27-22-. The second kappa shape index (κ2) is 8.47. The van der Waals surface area contributed by atoms with E-state index in [0.29, 0.717) is 0 Å². The summed E-state index contributed by atoms with van der Waals surface area (Å²) >= 11 is 0. The molecule has 0 spiro atoms. The van der Waals surface area contributed by atoms with Crippen LogP contribution in [0.3, 0.4) is 0 Å². The minimum Gasteiger partial charge on any atom is -0.456 e. The van der Waals surface area contributed by atoms with Crippen LogP contribution < -0.4 is 10.7 Å². The monoisotopic (exact) mass is 374 g/mol. The van der Waals surface area contributed by atoms with Gasteiger partial charge in [0.1, 0.15) is 11.3 Å². The fourth-order valence-corrected chi connectivity index (χ4v) is 3.78. The molecule has 1 aromatic carbocycles. The fourth-order valence-electron chi connectivity index (χ4n) is 3.78. The number of benzene rings is 2. The van der Waals surface area contributed by atoms with E-state index in [1.165, 1.54) is 22.3 Å². The van der Waals surface area contributed by atoms with Crippen molar-refractivity contribution in [2.45, 2.75) is 41.0 Å². The van der Waals surface area contributed by atoms with E-state index >= 15 is 0 Å². The van der Waals surface area contributed by atoms with Crippen LogP contribution >= 0.6 is 0 Å². The van der Waals surface area contributed by atoms with Gasteiger partial charge in [0.25, 0.3) is 0 Å². The number of nitrogens with zero attached hydrogens (tertiary/aromatic N) is 1. The average Bonchev–Trinajstić information content (AvgIpc) is 2.67. The Morgan fingerprint density at radius 2 is 1.89 bits per heavy atom. The van der Waals surface area contributed by atoms with Crippen molar-refractivity contribution in [3.63, 3.8) is 0 Å². The molecule has 3 rings (SSSR count). The van der Waals surface area contributed by atoms with Crippen LogP contribution in [0.25, 0.3) is 27.9 Å². The zero-order chi connectivity index (χ0) is 20.3. The lowest BCUT2D eigenvalue weighted by molar-refractivity contribution is 0.617. The minimum absolute atomic E-state index is 0.757. The van der Waals surface area contributed by atoms with Gasteiger partial charge in [0, 0.05) is 41.9 Å². The zero-order valence-electron chi connectivity index (χ0n) is 17.6. The topological polar surface area (TPSA) is 37.5 Å². The van der Waals surface area contributed by atoms with Gasteiger partial charge in [-0.3, -0.25) is 4.99 Å². The molecule has 1 heterocycles. The highest BCUT2D eigenvalue weighted by atomic mass is 16.3. The summed E-state index contributed by atoms with van der Waals surface area (Å²) in [6, 6.07) is 8.64. The highest BCUT2D eigenvalue weighted by Crippen LogP contribution is 2.40. The molecule has 3 heteroatoms. The van der Waals surface area contributed by atoms with Crippen molar-refractivity contribution in [3.8, 4) is 11.3 Å². The Hall–Kier alpha value is -2.81. The van der Waals surface area contributed by atoms with Crippen LogP contribution in [0, 0.1) is 13.8 Å². The normalized spacial score (nSPS) is 12.8. The van der Waals surface area contributed by atoms with Gasteiger partial charge in [-0.2, -0.15) is 0 Å². The quantitative estimate of drug-likeness (QED) is 0.396. The summed E-state index contributed by atoms with van der Waals surface area (Å²) in [6.07, 6.45) is 4.91. The highest BCUT2D eigenvalue weighted by molar-refractivity contribution is 6.00. The largest absolute Gasteiger partial charge is 0.456 e. The molecule has 0 radical (unpaired) electrons. The molecule has 2 aliphatic rings. The van der Waals surface area contributed by atoms with Crippen molar-refractivity contribution in [2.75, 3.05) is 18.4 Å². The summed E-state index contributed by atoms with van der Waals surface area (Å²) in [5.74, 6) is 0.870. The van der Waals surface area contributed by atoms with E-state index < -0.39 is 0 Å². The SMILES string of the molecule is C=C/C=C(\CC)c1c2cc(C)/c(=N\CC)cc-2oc2cc(NCC)c(C)cc12. The van der Waals surface area contributed by atoms with E-state index in [0.717, 1.165) is 52.8 Å². The van der Waals surface area contributed by atoms with Gasteiger partial charge in [-0.05, 0) is 68.5 Å². The van der Waals surface area contributed by atoms with E-state index in [1.54, 1.807) is 0 Å². The van der Waals surface area contributed by atoms with Crippen LogP contribution in [0.1, 0.15) is 43.9 Å². The first-order valence-corrected chi connectivity index (χ1v) is 10.1. The molecule has 3 nitrogen and oxygen atoms in total. The predicted molar refractivity (Wildman–Crippen MR) is 121 cm³/mol. The Labute approximate surface area is 167 Å². The third-order valence-electron chi connectivity index (χ3n) is 5.10. The van der Waals surface area contributed by atoms with E-state index in [1.807, 2.05) is 6.08 Å². The van der Waals surface area contributed by atoms with Crippen molar-refractivity contribution in [2.24, 2.45) is 4.99 Å². The molecule has 0 aromatic heterocycles. The second-order valence-corrected chi connectivity index (χ2v) is 7.06. The number of hydrogen-bond acceptors (Lipinski definition) is 3. The minimum atomic E-state index is 0.757. The third-order valence-corrected chi connectivity index (χ3v) is 5.10. The summed E-state index contributed by atoms with van der Waals surface area (Å²) in [5, 5.41) is 5.57. The maximum Gasteiger partial charge on any atom is 0.137 e. The van der Waals surface area contributed by atoms with Crippen molar-refractivity contribution in [1.29, 1.82) is 0 Å². The number of rotatable bonds is 6. The lowest BCUT2D eigenvalue weighted by Crippen LogP contribution is -2.09. The Kier molecular flexibility index (Phi) is 6.03. The molecule has 0 saturated heterocycles. The molecular weight excluding hydrogens is 344 g/mol. The van der Waals surface area contributed by atoms with Gasteiger partial charge in [0.2, 0.25) is 0 Å². The first-order valence-electron chi connectivity index (χ1n) is 10.1. The molecule has 146 valence electrons. The van der Waals surface area contributed by atoms with Gasteiger partial charge < -0.3 is 9.73 Å². The summed E-state index contributed by atoms with van der Waals surface area (Å²) in [5.41, 5.74) is 8.01. The summed E-state index contributed by atoms with van der Waals surface area (Å²) < 4.78 is 6.39. The van der Waals surface area contributed by atoms with E-state index in [4.69, 9.17) is 4.42 Å². The molecule has 1 N–H and O–H groups in total. The van der Waals surface area contributed by atoms with Gasteiger partial charge in [-0.1, -0.05) is 25.7 Å². The lowest BCUT2D eigenvalue weighted by Gasteiger charge is -2.19. The van der Waals surface area contributed by atoms with Crippen molar-refractivity contribution in [1.82, 2.24) is 0 Å². The Bertz CT molecular complexity index is 1090. The van der Waals surface area contributed by atoms with Crippen LogP contribution in [0.5, 0.6) is 0 Å². The van der Waals surface area contributed by atoms with Crippen molar-refractivity contribution < 1.29 is 4.42 Å².